The first kappa shape index (κ1) is 10.2. The first-order valence-electron chi connectivity index (χ1n) is 4.76. The highest BCUT2D eigenvalue weighted by atomic mass is 19.2. The molecule has 15 heavy (non-hydrogen) atoms. The number of carbonyl (C=O) groups excluding carboxylic acids is 1. The summed E-state index contributed by atoms with van der Waals surface area (Å²) >= 11 is 0. The van der Waals surface area contributed by atoms with Crippen molar-refractivity contribution in [1.29, 1.82) is 0 Å². The summed E-state index contributed by atoms with van der Waals surface area (Å²) in [7, 11) is 0. The second-order valence-corrected chi connectivity index (χ2v) is 3.47. The zero-order chi connectivity index (χ0) is 10.8. The van der Waals surface area contributed by atoms with Crippen LogP contribution in [0.1, 0.15) is 23.7 Å². The van der Waals surface area contributed by atoms with E-state index < -0.39 is 11.6 Å². The maximum Gasteiger partial charge on any atom is 0.164 e. The average Bonchev–Trinajstić information content (AvgIpc) is 3.04. The van der Waals surface area contributed by atoms with E-state index in [9.17, 15) is 13.6 Å². The number of aldehydes is 1. The van der Waals surface area contributed by atoms with Crippen LogP contribution in [-0.4, -0.2) is 12.9 Å². The van der Waals surface area contributed by atoms with E-state index in [-0.39, 0.29) is 30.1 Å². The third-order valence-corrected chi connectivity index (χ3v) is 2.40. The molecule has 1 saturated heterocycles. The van der Waals surface area contributed by atoms with Gasteiger partial charge in [-0.2, -0.15) is 0 Å². The zero-order valence-electron chi connectivity index (χ0n) is 8.00. The normalized spacial score (nSPS) is 18.9. The Bertz CT molecular complexity index is 386. The predicted octanol–water partition coefficient (Wildman–Crippen LogP) is 2.17. The molecule has 1 aromatic carbocycles. The van der Waals surface area contributed by atoms with Crippen molar-refractivity contribution in [3.05, 3.63) is 34.9 Å². The minimum Gasteiger partial charge on any atom is -0.368 e. The molecule has 1 aliphatic heterocycles. The molecule has 80 valence electrons. The Morgan fingerprint density at radius 1 is 1.40 bits per heavy atom. The molecule has 1 atom stereocenters. The van der Waals surface area contributed by atoms with E-state index in [0.717, 1.165) is 0 Å². The number of hydrogen-bond donors (Lipinski definition) is 0. The van der Waals surface area contributed by atoms with Gasteiger partial charge in [-0.15, -0.1) is 0 Å². The molecule has 0 aromatic heterocycles. The summed E-state index contributed by atoms with van der Waals surface area (Å²) in [4.78, 5) is 10.1. The van der Waals surface area contributed by atoms with Gasteiger partial charge in [0.1, 0.15) is 12.4 Å². The van der Waals surface area contributed by atoms with E-state index in [1.54, 1.807) is 0 Å². The summed E-state index contributed by atoms with van der Waals surface area (Å²) < 4.78 is 31.8. The molecule has 2 nitrogen and oxygen atoms in total. The quantitative estimate of drug-likeness (QED) is 0.565. The Morgan fingerprint density at radius 2 is 2.13 bits per heavy atom. The molecule has 0 saturated carbocycles. The molecule has 1 heterocycles. The monoisotopic (exact) mass is 212 g/mol. The summed E-state index contributed by atoms with van der Waals surface area (Å²) in [6.45, 7) is 0.448. The maximum atomic E-state index is 13.4. The lowest BCUT2D eigenvalue weighted by Gasteiger charge is -2.05. The van der Waals surface area contributed by atoms with Gasteiger partial charge in [0, 0.05) is 12.0 Å². The van der Waals surface area contributed by atoms with Crippen LogP contribution in [0.5, 0.6) is 0 Å². The summed E-state index contributed by atoms with van der Waals surface area (Å²) in [6.07, 6.45) is 0.836. The van der Waals surface area contributed by atoms with Gasteiger partial charge in [-0.1, -0.05) is 12.1 Å². The van der Waals surface area contributed by atoms with Crippen LogP contribution >= 0.6 is 0 Å². The molecule has 4 heteroatoms. The number of epoxide rings is 1. The Balaban J connectivity index is 2.26. The third kappa shape index (κ3) is 2.04. The van der Waals surface area contributed by atoms with Gasteiger partial charge in [0.2, 0.25) is 0 Å². The van der Waals surface area contributed by atoms with E-state index in [4.69, 9.17) is 4.74 Å². The van der Waals surface area contributed by atoms with E-state index in [1.807, 2.05) is 0 Å². The molecular formula is C11H10F2O2. The molecule has 1 unspecified atom stereocenters. The maximum absolute atomic E-state index is 13.4. The number of rotatable bonds is 4. The van der Waals surface area contributed by atoms with Crippen molar-refractivity contribution in [1.82, 2.24) is 0 Å². The Kier molecular flexibility index (Phi) is 2.77. The highest BCUT2D eigenvalue weighted by Crippen LogP contribution is 2.33. The van der Waals surface area contributed by atoms with Crippen LogP contribution in [-0.2, 0) is 16.0 Å². The van der Waals surface area contributed by atoms with Gasteiger partial charge in [0.05, 0.1) is 6.61 Å². The van der Waals surface area contributed by atoms with E-state index >= 15 is 0 Å². The molecular weight excluding hydrogens is 202 g/mol. The predicted molar refractivity (Wildman–Crippen MR) is 49.4 cm³/mol. The molecule has 0 amide bonds. The second-order valence-electron chi connectivity index (χ2n) is 3.47. The first-order valence-corrected chi connectivity index (χ1v) is 4.76. The Hall–Kier alpha value is -1.29. The summed E-state index contributed by atoms with van der Waals surface area (Å²) in [6, 6.07) is 3.04. The highest BCUT2D eigenvalue weighted by molar-refractivity contribution is 5.50. The van der Waals surface area contributed by atoms with Gasteiger partial charge in [-0.05, 0) is 12.0 Å². The van der Waals surface area contributed by atoms with Gasteiger partial charge in [0.25, 0.3) is 0 Å². The fourth-order valence-electron chi connectivity index (χ4n) is 1.49. The van der Waals surface area contributed by atoms with Crippen LogP contribution in [0.3, 0.4) is 0 Å². The molecule has 1 aliphatic rings. The molecule has 1 aromatic rings. The van der Waals surface area contributed by atoms with Gasteiger partial charge in [-0.3, -0.25) is 0 Å². The zero-order valence-corrected chi connectivity index (χ0v) is 8.00. The largest absolute Gasteiger partial charge is 0.368 e. The van der Waals surface area contributed by atoms with Gasteiger partial charge < -0.3 is 9.53 Å². The van der Waals surface area contributed by atoms with Crippen LogP contribution < -0.4 is 0 Å². The van der Waals surface area contributed by atoms with Crippen LogP contribution in [0.2, 0.25) is 0 Å². The highest BCUT2D eigenvalue weighted by Gasteiger charge is 2.29. The minimum atomic E-state index is -0.857. The average molecular weight is 212 g/mol. The number of ether oxygens (including phenoxy) is 1. The number of aryl methyl sites for hydroxylation is 1. The smallest absolute Gasteiger partial charge is 0.164 e. The number of benzene rings is 1. The van der Waals surface area contributed by atoms with E-state index in [1.165, 1.54) is 12.1 Å². The first-order chi connectivity index (χ1) is 7.24. The lowest BCUT2D eigenvalue weighted by molar-refractivity contribution is -0.107. The van der Waals surface area contributed by atoms with Crippen molar-refractivity contribution >= 4 is 6.29 Å². The number of carbonyl (C=O) groups is 1. The summed E-state index contributed by atoms with van der Waals surface area (Å²) in [5.74, 6) is -1.70. The fourth-order valence-corrected chi connectivity index (χ4v) is 1.49. The molecule has 1 fully saturated rings. The molecule has 0 bridgehead atoms. The van der Waals surface area contributed by atoms with Crippen LogP contribution in [0.4, 0.5) is 8.78 Å². The standard InChI is InChI=1S/C11H10F2O2/c12-10-7(2-1-5-14)3-4-8(11(10)13)9-6-15-9/h3-5,9H,1-2,6H2. The Labute approximate surface area is 85.9 Å². The fraction of sp³-hybridized carbons (Fsp3) is 0.364. The summed E-state index contributed by atoms with van der Waals surface area (Å²) in [5.41, 5.74) is 0.506. The second kappa shape index (κ2) is 4.06. The molecule has 0 aliphatic carbocycles. The van der Waals surface area contributed by atoms with E-state index in [0.29, 0.717) is 12.9 Å². The van der Waals surface area contributed by atoms with Gasteiger partial charge in [-0.25, -0.2) is 8.78 Å². The van der Waals surface area contributed by atoms with Crippen molar-refractivity contribution in [2.45, 2.75) is 18.9 Å². The topological polar surface area (TPSA) is 29.6 Å². The van der Waals surface area contributed by atoms with Gasteiger partial charge >= 0.3 is 0 Å². The molecule has 0 N–H and O–H groups in total. The minimum absolute atomic E-state index is 0.204. The number of halogens is 2. The van der Waals surface area contributed by atoms with Crippen molar-refractivity contribution in [3.8, 4) is 0 Å². The third-order valence-electron chi connectivity index (χ3n) is 2.40. The Morgan fingerprint density at radius 3 is 2.73 bits per heavy atom. The number of hydrogen-bond acceptors (Lipinski definition) is 2. The van der Waals surface area contributed by atoms with Crippen LogP contribution in [0.25, 0.3) is 0 Å². The van der Waals surface area contributed by atoms with Crippen LogP contribution in [0.15, 0.2) is 12.1 Å². The van der Waals surface area contributed by atoms with Crippen molar-refractivity contribution in [2.75, 3.05) is 6.61 Å². The van der Waals surface area contributed by atoms with Gasteiger partial charge in [0.15, 0.2) is 11.6 Å². The van der Waals surface area contributed by atoms with Crippen LogP contribution in [0, 0.1) is 11.6 Å². The van der Waals surface area contributed by atoms with Crippen molar-refractivity contribution in [2.24, 2.45) is 0 Å². The molecule has 2 rings (SSSR count). The van der Waals surface area contributed by atoms with Crippen molar-refractivity contribution < 1.29 is 18.3 Å². The summed E-state index contributed by atoms with van der Waals surface area (Å²) in [5, 5.41) is 0. The molecule has 0 radical (unpaired) electrons. The van der Waals surface area contributed by atoms with Crippen molar-refractivity contribution in [3.63, 3.8) is 0 Å². The lowest BCUT2D eigenvalue weighted by Crippen LogP contribution is -1.99. The SMILES string of the molecule is O=CCCc1ccc(C2CO2)c(F)c1F. The molecule has 0 spiro atoms. The lowest BCUT2D eigenvalue weighted by atomic mass is 10.0. The van der Waals surface area contributed by atoms with E-state index in [2.05, 4.69) is 0 Å².